The van der Waals surface area contributed by atoms with Crippen LogP contribution in [0.5, 0.6) is 11.5 Å². The van der Waals surface area contributed by atoms with Gasteiger partial charge in [-0.15, -0.1) is 0 Å². The Hall–Kier alpha value is -4.55. The van der Waals surface area contributed by atoms with E-state index in [0.29, 0.717) is 26.3 Å². The van der Waals surface area contributed by atoms with Crippen LogP contribution in [0, 0.1) is 0 Å². The number of alkyl carbamates (subject to hydrolysis) is 1. The second-order valence-electron chi connectivity index (χ2n) is 16.6. The van der Waals surface area contributed by atoms with Gasteiger partial charge in [0.1, 0.15) is 41.5 Å². The highest BCUT2D eigenvalue weighted by Gasteiger charge is 2.44. The minimum absolute atomic E-state index is 0. The van der Waals surface area contributed by atoms with Gasteiger partial charge in [0.25, 0.3) is 5.97 Å². The number of amides is 1. The molecular formula is C40H62B2N2O15. The summed E-state index contributed by atoms with van der Waals surface area (Å²) in [7, 11) is -0.776. The van der Waals surface area contributed by atoms with Gasteiger partial charge in [-0.2, -0.15) is 0 Å². The Kier molecular flexibility index (Phi) is 18.5. The monoisotopic (exact) mass is 832 g/mol. The van der Waals surface area contributed by atoms with Crippen LogP contribution in [0.1, 0.15) is 114 Å². The van der Waals surface area contributed by atoms with Gasteiger partial charge in [-0.25, -0.2) is 14.4 Å². The molecule has 6 rings (SSSR count). The van der Waals surface area contributed by atoms with E-state index in [2.05, 4.69) is 10.1 Å². The number of hydrogen-bond acceptors (Lipinski definition) is 15. The van der Waals surface area contributed by atoms with Crippen LogP contribution in [-0.4, -0.2) is 99.0 Å². The first-order chi connectivity index (χ1) is 26.9. The third-order valence-electron chi connectivity index (χ3n) is 7.59. The van der Waals surface area contributed by atoms with E-state index in [1.807, 2.05) is 71.0 Å². The molecule has 59 heavy (non-hydrogen) atoms. The molecule has 19 heteroatoms. The van der Waals surface area contributed by atoms with E-state index >= 15 is 0 Å². The van der Waals surface area contributed by atoms with Gasteiger partial charge < -0.3 is 63.2 Å². The van der Waals surface area contributed by atoms with Crippen LogP contribution < -0.4 is 31.4 Å². The Morgan fingerprint density at radius 1 is 0.712 bits per heavy atom. The van der Waals surface area contributed by atoms with E-state index in [9.17, 15) is 14.4 Å². The maximum Gasteiger partial charge on any atom is 0.519 e. The molecule has 0 saturated carbocycles. The summed E-state index contributed by atoms with van der Waals surface area (Å²) in [6.07, 6.45) is -2.96. The van der Waals surface area contributed by atoms with Gasteiger partial charge >= 0.3 is 32.6 Å². The molecule has 0 fully saturated rings. The fraction of sp³-hybridized carbons (Fsp3) is 0.600. The van der Waals surface area contributed by atoms with Crippen LogP contribution in [0.25, 0.3) is 0 Å². The third kappa shape index (κ3) is 16.9. The van der Waals surface area contributed by atoms with Crippen LogP contribution in [0.15, 0.2) is 36.4 Å². The predicted molar refractivity (Wildman–Crippen MR) is 220 cm³/mol. The fourth-order valence-electron chi connectivity index (χ4n) is 5.58. The lowest BCUT2D eigenvalue weighted by atomic mass is 9.77. The van der Waals surface area contributed by atoms with Gasteiger partial charge in [0.15, 0.2) is 0 Å². The number of hydrogen-bond donors (Lipinski definition) is 3. The molecule has 0 aromatic heterocycles. The molecule has 0 saturated heterocycles. The number of carbonyl (C=O) groups is 4. The van der Waals surface area contributed by atoms with E-state index in [4.69, 9.17) is 57.9 Å². The van der Waals surface area contributed by atoms with Gasteiger partial charge in [-0.1, -0.05) is 31.7 Å². The lowest BCUT2D eigenvalue weighted by molar-refractivity contribution is -0.134. The summed E-state index contributed by atoms with van der Waals surface area (Å²) in [5.41, 5.74) is 7.79. The fourth-order valence-corrected chi connectivity index (χ4v) is 5.58. The van der Waals surface area contributed by atoms with Crippen LogP contribution in [0.3, 0.4) is 0 Å². The van der Waals surface area contributed by atoms with Gasteiger partial charge in [-0.05, 0) is 99.4 Å². The molecule has 0 aliphatic carbocycles. The highest BCUT2D eigenvalue weighted by Crippen LogP contribution is 2.32. The first-order valence-electron chi connectivity index (χ1n) is 19.0. The molecule has 0 spiro atoms. The number of nitrogens with one attached hydrogen (secondary N) is 1. The molecule has 4 heterocycles. The van der Waals surface area contributed by atoms with Crippen molar-refractivity contribution >= 4 is 49.5 Å². The average Bonchev–Trinajstić information content (AvgIpc) is 3.49. The Labute approximate surface area is 348 Å². The molecule has 1 amide bonds. The number of nitrogens with two attached hydrogens (primary N) is 1. The van der Waals surface area contributed by atoms with Crippen molar-refractivity contribution in [3.05, 3.63) is 47.5 Å². The largest absolute Gasteiger partial charge is 0.519 e. The molecule has 4 aliphatic heterocycles. The van der Waals surface area contributed by atoms with Crippen LogP contribution in [0.4, 0.5) is 14.4 Å². The normalized spacial score (nSPS) is 19.7. The minimum Gasteiger partial charge on any atom is -0.491 e. The summed E-state index contributed by atoms with van der Waals surface area (Å²) in [6, 6.07) is 11.8. The zero-order valence-corrected chi connectivity index (χ0v) is 35.5. The van der Waals surface area contributed by atoms with Crippen molar-refractivity contribution < 1.29 is 71.3 Å². The molecule has 2 aromatic carbocycles. The van der Waals surface area contributed by atoms with E-state index < -0.39 is 48.3 Å². The van der Waals surface area contributed by atoms with Crippen LogP contribution >= 0.6 is 0 Å². The summed E-state index contributed by atoms with van der Waals surface area (Å²) in [5.74, 6) is 0.819. The SMILES string of the molecule is C.CC(=O)O.CC(C)(C)OC(=O)OC(=O)OC(C)(C)C.CC1COc2cccc3c2B(O1)OC3CN.CC1COc2cccc3c2B(O1)OC3CNC(=O)OC(C)(C)C. The van der Waals surface area contributed by atoms with Crippen molar-refractivity contribution in [2.24, 2.45) is 5.73 Å². The second kappa shape index (κ2) is 21.6. The summed E-state index contributed by atoms with van der Waals surface area (Å²) >= 11 is 0. The van der Waals surface area contributed by atoms with Crippen LogP contribution in [-0.2, 0) is 42.4 Å². The molecule has 0 radical (unpaired) electrons. The number of carboxylic acids is 1. The van der Waals surface area contributed by atoms with Crippen molar-refractivity contribution in [3.8, 4) is 11.5 Å². The Morgan fingerprint density at radius 2 is 1.10 bits per heavy atom. The number of carbonyl (C=O) groups excluding carboxylic acids is 3. The number of benzene rings is 2. The lowest BCUT2D eigenvalue weighted by Crippen LogP contribution is -2.36. The highest BCUT2D eigenvalue weighted by molar-refractivity contribution is 6.64. The van der Waals surface area contributed by atoms with Crippen molar-refractivity contribution in [2.45, 2.75) is 132 Å². The first-order valence-corrected chi connectivity index (χ1v) is 19.0. The molecule has 328 valence electrons. The summed E-state index contributed by atoms with van der Waals surface area (Å²) in [5, 5.41) is 10.2. The van der Waals surface area contributed by atoms with Gasteiger partial charge in [0, 0.05) is 30.9 Å². The Bertz CT molecular complexity index is 1690. The Morgan fingerprint density at radius 3 is 1.49 bits per heavy atom. The molecule has 2 aromatic rings. The lowest BCUT2D eigenvalue weighted by Gasteiger charge is -2.21. The third-order valence-corrected chi connectivity index (χ3v) is 7.59. The van der Waals surface area contributed by atoms with Crippen molar-refractivity contribution in [1.29, 1.82) is 0 Å². The van der Waals surface area contributed by atoms with Crippen LogP contribution in [0.2, 0.25) is 0 Å². The maximum absolute atomic E-state index is 11.8. The van der Waals surface area contributed by atoms with E-state index in [0.717, 1.165) is 40.5 Å². The van der Waals surface area contributed by atoms with E-state index in [1.54, 1.807) is 41.5 Å². The molecule has 4 unspecified atom stereocenters. The van der Waals surface area contributed by atoms with Crippen molar-refractivity contribution in [3.63, 3.8) is 0 Å². The second-order valence-corrected chi connectivity index (χ2v) is 16.6. The maximum atomic E-state index is 11.8. The number of aliphatic carboxylic acids is 1. The zero-order chi connectivity index (χ0) is 43.6. The molecule has 4 N–H and O–H groups in total. The number of carboxylic acid groups (broad SMARTS) is 1. The average molecular weight is 833 g/mol. The predicted octanol–water partition coefficient (Wildman–Crippen LogP) is 5.58. The summed E-state index contributed by atoms with van der Waals surface area (Å²) in [6.45, 7) is 22.3. The summed E-state index contributed by atoms with van der Waals surface area (Å²) in [4.78, 5) is 42.8. The molecule has 4 aliphatic rings. The Balaban J connectivity index is 0.000000297. The smallest absolute Gasteiger partial charge is 0.491 e. The standard InChI is InChI=1S/C16H22BNO5.C11H14BNO3.C10H18O5.C2H4O2.CH4/c1-10-9-20-12-7-5-6-11-13(23-17(22-10)14(11)12)8-18-15(19)21-16(2,3)4;1-7-6-14-9-4-2-3-8-10(5-13)16-12(15-7)11(8)9;1-9(2,3)14-7(11)13-8(12)15-10(4,5)6;1-2(3)4;/h5-7,10,13H,8-9H2,1-4H3,(H,18,19);2-4,7,10H,5-6,13H2,1H3;1-6H3;1H3,(H,3,4);1H4. The highest BCUT2D eigenvalue weighted by atomic mass is 16.8. The molecule has 17 nitrogen and oxygen atoms in total. The number of rotatable bonds is 3. The van der Waals surface area contributed by atoms with Crippen molar-refractivity contribution in [1.82, 2.24) is 5.32 Å². The zero-order valence-electron chi connectivity index (χ0n) is 35.5. The minimum atomic E-state index is -1.06. The summed E-state index contributed by atoms with van der Waals surface area (Å²) < 4.78 is 53.9. The quantitative estimate of drug-likeness (QED) is 0.149. The van der Waals surface area contributed by atoms with E-state index in [1.165, 1.54) is 0 Å². The van der Waals surface area contributed by atoms with Crippen molar-refractivity contribution in [2.75, 3.05) is 26.3 Å². The van der Waals surface area contributed by atoms with E-state index in [-0.39, 0.29) is 39.0 Å². The van der Waals surface area contributed by atoms with Gasteiger partial charge in [-0.3, -0.25) is 4.79 Å². The molecule has 4 atom stereocenters. The topological polar surface area (TPSA) is 219 Å². The number of ether oxygens (including phenoxy) is 6. The molecular weight excluding hydrogens is 770 g/mol. The first kappa shape index (κ1) is 50.6. The van der Waals surface area contributed by atoms with Gasteiger partial charge in [0.2, 0.25) is 0 Å². The van der Waals surface area contributed by atoms with Gasteiger partial charge in [0.05, 0.1) is 24.4 Å². The molecule has 0 bridgehead atoms.